The number of nitrogens with zero attached hydrogens (tertiary/aromatic N) is 2. The molecule has 0 saturated heterocycles. The standard InChI is InChI=1S/C13H25N3/c1-9(2)16-12(14)15-8-13(16)6-10(3)5-11(4)7-13/h9-11H,5-8H2,1-4H3,(H2,14,15). The predicted molar refractivity (Wildman–Crippen MR) is 68.4 cm³/mol. The predicted octanol–water partition coefficient (Wildman–Crippen LogP) is 2.22. The third-order valence-corrected chi connectivity index (χ3v) is 4.07. The average molecular weight is 223 g/mol. The van der Waals surface area contributed by atoms with E-state index in [0.29, 0.717) is 6.04 Å². The Morgan fingerprint density at radius 1 is 1.31 bits per heavy atom. The van der Waals surface area contributed by atoms with Gasteiger partial charge in [0.1, 0.15) is 0 Å². The molecule has 1 saturated carbocycles. The van der Waals surface area contributed by atoms with Crippen molar-refractivity contribution < 1.29 is 0 Å². The highest BCUT2D eigenvalue weighted by molar-refractivity contribution is 5.81. The molecule has 0 radical (unpaired) electrons. The largest absolute Gasteiger partial charge is 0.370 e. The molecule has 2 atom stereocenters. The number of hydrogen-bond acceptors (Lipinski definition) is 3. The van der Waals surface area contributed by atoms with Gasteiger partial charge >= 0.3 is 0 Å². The summed E-state index contributed by atoms with van der Waals surface area (Å²) in [4.78, 5) is 6.88. The molecule has 3 heteroatoms. The van der Waals surface area contributed by atoms with Crippen molar-refractivity contribution in [1.82, 2.24) is 4.90 Å². The van der Waals surface area contributed by atoms with Crippen LogP contribution >= 0.6 is 0 Å². The molecule has 2 N–H and O–H groups in total. The monoisotopic (exact) mass is 223 g/mol. The Morgan fingerprint density at radius 3 is 2.38 bits per heavy atom. The zero-order chi connectivity index (χ0) is 11.9. The maximum atomic E-state index is 6.05. The minimum absolute atomic E-state index is 0.231. The SMILES string of the molecule is CC1CC(C)CC2(CN=C(N)N2C(C)C)C1. The van der Waals surface area contributed by atoms with Crippen molar-refractivity contribution in [2.24, 2.45) is 22.6 Å². The second-order valence-electron chi connectivity index (χ2n) is 6.22. The van der Waals surface area contributed by atoms with E-state index in [2.05, 4.69) is 37.6 Å². The normalized spacial score (nSPS) is 39.6. The molecule has 1 fully saturated rings. The van der Waals surface area contributed by atoms with E-state index in [4.69, 9.17) is 5.73 Å². The van der Waals surface area contributed by atoms with E-state index in [1.54, 1.807) is 0 Å². The third kappa shape index (κ3) is 1.80. The Kier molecular flexibility index (Phi) is 2.89. The van der Waals surface area contributed by atoms with Gasteiger partial charge in [-0.1, -0.05) is 13.8 Å². The average Bonchev–Trinajstić information content (AvgIpc) is 2.40. The number of rotatable bonds is 1. The molecule has 0 aromatic heterocycles. The Labute approximate surface area is 99.1 Å². The molecule has 1 heterocycles. The second kappa shape index (κ2) is 3.94. The van der Waals surface area contributed by atoms with Gasteiger partial charge in [-0.25, -0.2) is 0 Å². The molecule has 0 amide bonds. The Balaban J connectivity index is 2.24. The topological polar surface area (TPSA) is 41.6 Å². The van der Waals surface area contributed by atoms with Gasteiger partial charge in [0.15, 0.2) is 5.96 Å². The minimum Gasteiger partial charge on any atom is -0.370 e. The molecule has 1 aliphatic carbocycles. The first kappa shape index (κ1) is 11.7. The molecule has 1 aliphatic heterocycles. The fourth-order valence-electron chi connectivity index (χ4n) is 4.00. The fourth-order valence-corrected chi connectivity index (χ4v) is 4.00. The maximum Gasteiger partial charge on any atom is 0.192 e. The quantitative estimate of drug-likeness (QED) is 0.740. The molecule has 0 aromatic rings. The summed E-state index contributed by atoms with van der Waals surface area (Å²) in [6.07, 6.45) is 3.85. The lowest BCUT2D eigenvalue weighted by atomic mass is 9.71. The Hall–Kier alpha value is -0.730. The van der Waals surface area contributed by atoms with Crippen molar-refractivity contribution >= 4 is 5.96 Å². The van der Waals surface area contributed by atoms with Crippen LogP contribution in [0.15, 0.2) is 4.99 Å². The number of hydrogen-bond donors (Lipinski definition) is 1. The first-order valence-corrected chi connectivity index (χ1v) is 6.54. The molecule has 2 rings (SSSR count). The second-order valence-corrected chi connectivity index (χ2v) is 6.22. The zero-order valence-corrected chi connectivity index (χ0v) is 11.0. The lowest BCUT2D eigenvalue weighted by molar-refractivity contribution is 0.0655. The van der Waals surface area contributed by atoms with Gasteiger partial charge in [0.25, 0.3) is 0 Å². The number of guanidine groups is 1. The molecule has 1 spiro atoms. The van der Waals surface area contributed by atoms with Gasteiger partial charge in [-0.2, -0.15) is 0 Å². The van der Waals surface area contributed by atoms with Crippen LogP contribution in [-0.2, 0) is 0 Å². The summed E-state index contributed by atoms with van der Waals surface area (Å²) >= 11 is 0. The summed E-state index contributed by atoms with van der Waals surface area (Å²) in [6, 6.07) is 0.462. The van der Waals surface area contributed by atoms with Crippen LogP contribution in [0.25, 0.3) is 0 Å². The van der Waals surface area contributed by atoms with Crippen LogP contribution in [0.1, 0.15) is 47.0 Å². The molecule has 2 unspecified atom stereocenters. The van der Waals surface area contributed by atoms with Crippen LogP contribution in [0, 0.1) is 11.8 Å². The summed E-state index contributed by atoms with van der Waals surface area (Å²) in [6.45, 7) is 10.1. The lowest BCUT2D eigenvalue weighted by Crippen LogP contribution is -2.57. The zero-order valence-electron chi connectivity index (χ0n) is 11.0. The first-order chi connectivity index (χ1) is 7.44. The van der Waals surface area contributed by atoms with E-state index in [1.165, 1.54) is 19.3 Å². The fraction of sp³-hybridized carbons (Fsp3) is 0.923. The van der Waals surface area contributed by atoms with E-state index in [0.717, 1.165) is 24.3 Å². The highest BCUT2D eigenvalue weighted by Crippen LogP contribution is 2.42. The van der Waals surface area contributed by atoms with Crippen molar-refractivity contribution in [3.05, 3.63) is 0 Å². The van der Waals surface area contributed by atoms with Crippen molar-refractivity contribution in [2.75, 3.05) is 6.54 Å². The molecule has 0 aromatic carbocycles. The van der Waals surface area contributed by atoms with Crippen molar-refractivity contribution in [3.8, 4) is 0 Å². The van der Waals surface area contributed by atoms with Crippen LogP contribution in [0.4, 0.5) is 0 Å². The van der Waals surface area contributed by atoms with Crippen LogP contribution < -0.4 is 5.73 Å². The molecule has 0 bridgehead atoms. The molecule has 2 aliphatic rings. The summed E-state index contributed by atoms with van der Waals surface area (Å²) in [5.74, 6) is 2.36. The number of nitrogens with two attached hydrogens (primary N) is 1. The van der Waals surface area contributed by atoms with Crippen LogP contribution in [0.2, 0.25) is 0 Å². The molecular formula is C13H25N3. The first-order valence-electron chi connectivity index (χ1n) is 6.54. The lowest BCUT2D eigenvalue weighted by Gasteiger charge is -2.48. The number of aliphatic imine (C=N–C) groups is 1. The van der Waals surface area contributed by atoms with E-state index >= 15 is 0 Å². The van der Waals surface area contributed by atoms with E-state index in [9.17, 15) is 0 Å². The Bertz CT molecular complexity index is 286. The molecule has 3 nitrogen and oxygen atoms in total. The van der Waals surface area contributed by atoms with Crippen molar-refractivity contribution in [3.63, 3.8) is 0 Å². The van der Waals surface area contributed by atoms with E-state index in [-0.39, 0.29) is 5.54 Å². The van der Waals surface area contributed by atoms with Crippen molar-refractivity contribution in [1.29, 1.82) is 0 Å². The molecular weight excluding hydrogens is 198 g/mol. The van der Waals surface area contributed by atoms with E-state index < -0.39 is 0 Å². The van der Waals surface area contributed by atoms with Crippen LogP contribution in [0.5, 0.6) is 0 Å². The van der Waals surface area contributed by atoms with E-state index in [1.807, 2.05) is 0 Å². The summed E-state index contributed by atoms with van der Waals surface area (Å²) < 4.78 is 0. The third-order valence-electron chi connectivity index (χ3n) is 4.07. The molecule has 92 valence electrons. The Morgan fingerprint density at radius 2 is 1.88 bits per heavy atom. The van der Waals surface area contributed by atoms with Crippen molar-refractivity contribution in [2.45, 2.75) is 58.5 Å². The summed E-state index contributed by atoms with van der Waals surface area (Å²) in [7, 11) is 0. The van der Waals surface area contributed by atoms with Gasteiger partial charge in [0, 0.05) is 6.04 Å². The van der Waals surface area contributed by atoms with Crippen LogP contribution in [0.3, 0.4) is 0 Å². The van der Waals surface area contributed by atoms with Gasteiger partial charge in [0.05, 0.1) is 12.1 Å². The van der Waals surface area contributed by atoms with Gasteiger partial charge in [-0.3, -0.25) is 4.99 Å². The highest BCUT2D eigenvalue weighted by atomic mass is 15.4. The summed E-state index contributed by atoms with van der Waals surface area (Å²) in [5.41, 5.74) is 6.28. The maximum absolute atomic E-state index is 6.05. The summed E-state index contributed by atoms with van der Waals surface area (Å²) in [5, 5.41) is 0. The smallest absolute Gasteiger partial charge is 0.192 e. The van der Waals surface area contributed by atoms with Gasteiger partial charge in [-0.15, -0.1) is 0 Å². The molecule has 16 heavy (non-hydrogen) atoms. The minimum atomic E-state index is 0.231. The van der Waals surface area contributed by atoms with Gasteiger partial charge in [0.2, 0.25) is 0 Å². The van der Waals surface area contributed by atoms with Gasteiger partial charge < -0.3 is 10.6 Å². The highest BCUT2D eigenvalue weighted by Gasteiger charge is 2.47. The van der Waals surface area contributed by atoms with Gasteiger partial charge in [-0.05, 0) is 44.9 Å². The van der Waals surface area contributed by atoms with Crippen LogP contribution in [-0.4, -0.2) is 29.0 Å².